The van der Waals surface area contributed by atoms with Crippen LogP contribution in [0.25, 0.3) is 0 Å². The van der Waals surface area contributed by atoms with Crippen molar-refractivity contribution >= 4 is 39.2 Å². The van der Waals surface area contributed by atoms with Gasteiger partial charge in [0.05, 0.1) is 19.3 Å². The van der Waals surface area contributed by atoms with Crippen LogP contribution in [0.15, 0.2) is 24.3 Å². The fraction of sp³-hybridized carbons (Fsp3) is 0.609. The van der Waals surface area contributed by atoms with Crippen molar-refractivity contribution in [2.45, 2.75) is 57.4 Å². The molecule has 0 spiro atoms. The first-order chi connectivity index (χ1) is 16.1. The first-order valence-electron chi connectivity index (χ1n) is 12.0. The summed E-state index contributed by atoms with van der Waals surface area (Å²) in [6, 6.07) is 6.01. The van der Waals surface area contributed by atoms with Gasteiger partial charge in [0.25, 0.3) is 17.4 Å². The highest BCUT2D eigenvalue weighted by Crippen LogP contribution is 2.40. The molecule has 2 saturated heterocycles. The molecule has 0 aliphatic carbocycles. The number of benzene rings is 1. The van der Waals surface area contributed by atoms with E-state index >= 15 is 0 Å². The van der Waals surface area contributed by atoms with Crippen LogP contribution in [-0.4, -0.2) is 64.2 Å². The Kier molecular flexibility index (Phi) is 8.32. The standard InChI is InChI=1S/C23H35N5O5S/c1-3-4-5-6-7-8-13-23(20(29)25-22(31)26-21(23)30)28(16-14-24-15-17-28)19-11-9-18(10-12-19)27-34(2,32)33/h9-12,24,27H,3-8,13-17H2,1-2H3,(H-,25,26,29,30,31)/p+1. The van der Waals surface area contributed by atoms with Crippen molar-refractivity contribution in [1.29, 1.82) is 0 Å². The quantitative estimate of drug-likeness (QED) is 0.211. The molecule has 34 heavy (non-hydrogen) atoms. The molecular formula is C23H36N5O5S+. The summed E-state index contributed by atoms with van der Waals surface area (Å²) in [4.78, 5) is 39.0. The van der Waals surface area contributed by atoms with E-state index in [1.54, 1.807) is 24.3 Å². The van der Waals surface area contributed by atoms with E-state index in [9.17, 15) is 22.8 Å². The van der Waals surface area contributed by atoms with E-state index in [1.807, 2.05) is 0 Å². The lowest BCUT2D eigenvalue weighted by Gasteiger charge is -2.53. The fourth-order valence-electron chi connectivity index (χ4n) is 5.20. The summed E-state index contributed by atoms with van der Waals surface area (Å²) in [5.41, 5.74) is -0.365. The Labute approximate surface area is 201 Å². The van der Waals surface area contributed by atoms with Crippen molar-refractivity contribution in [3.05, 3.63) is 24.3 Å². The van der Waals surface area contributed by atoms with Gasteiger partial charge >= 0.3 is 6.03 Å². The topological polar surface area (TPSA) is 133 Å². The predicted molar refractivity (Wildman–Crippen MR) is 132 cm³/mol. The third-order valence-corrected chi connectivity index (χ3v) is 7.44. The summed E-state index contributed by atoms with van der Waals surface area (Å²) in [5.74, 6) is -1.15. The maximum absolute atomic E-state index is 13.5. The molecule has 188 valence electrons. The number of carbonyl (C=O) groups is 3. The molecule has 4 N–H and O–H groups in total. The van der Waals surface area contributed by atoms with E-state index in [0.29, 0.717) is 44.7 Å². The van der Waals surface area contributed by atoms with E-state index in [-0.39, 0.29) is 4.48 Å². The van der Waals surface area contributed by atoms with Gasteiger partial charge in [-0.2, -0.15) is 0 Å². The average Bonchev–Trinajstić information content (AvgIpc) is 2.77. The molecule has 0 aromatic heterocycles. The summed E-state index contributed by atoms with van der Waals surface area (Å²) < 4.78 is 25.7. The van der Waals surface area contributed by atoms with Crippen LogP contribution in [0.3, 0.4) is 0 Å². The normalized spacial score (nSPS) is 19.9. The van der Waals surface area contributed by atoms with Gasteiger partial charge in [0, 0.05) is 37.3 Å². The highest BCUT2D eigenvalue weighted by molar-refractivity contribution is 7.92. The molecule has 0 bridgehead atoms. The molecule has 11 heteroatoms. The summed E-state index contributed by atoms with van der Waals surface area (Å²) >= 11 is 0. The SMILES string of the molecule is CCCCCCCCC1([N+]2(c3ccc(NS(C)(=O)=O)cc3)CCNCC2)C(=O)NC(=O)NC1=O. The van der Waals surface area contributed by atoms with Crippen molar-refractivity contribution in [3.8, 4) is 0 Å². The Bertz CT molecular complexity index is 983. The third-order valence-electron chi connectivity index (χ3n) is 6.83. The molecule has 10 nitrogen and oxygen atoms in total. The summed E-state index contributed by atoms with van der Waals surface area (Å²) in [6.07, 6.45) is 7.39. The van der Waals surface area contributed by atoms with Crippen LogP contribution in [0, 0.1) is 0 Å². The number of nitrogens with zero attached hydrogens (tertiary/aromatic N) is 1. The number of amides is 4. The number of nitrogens with one attached hydrogen (secondary N) is 4. The number of hydrogen-bond acceptors (Lipinski definition) is 6. The number of sulfonamides is 1. The van der Waals surface area contributed by atoms with E-state index in [0.717, 1.165) is 44.0 Å². The number of anilines is 1. The molecule has 2 aliphatic heterocycles. The zero-order chi connectivity index (χ0) is 24.8. The Morgan fingerprint density at radius 2 is 1.47 bits per heavy atom. The van der Waals surface area contributed by atoms with Crippen LogP contribution in [0.4, 0.5) is 16.2 Å². The minimum absolute atomic E-state index is 0.0685. The summed E-state index contributed by atoms with van der Waals surface area (Å²) in [7, 11) is -3.44. The first kappa shape index (κ1) is 26.1. The Hall–Kier alpha value is -2.50. The van der Waals surface area contributed by atoms with Crippen LogP contribution in [0.2, 0.25) is 0 Å². The monoisotopic (exact) mass is 494 g/mol. The lowest BCUT2D eigenvalue weighted by atomic mass is 9.82. The molecule has 0 radical (unpaired) electrons. The predicted octanol–water partition coefficient (Wildman–Crippen LogP) is 1.82. The van der Waals surface area contributed by atoms with Gasteiger partial charge in [-0.05, 0) is 18.6 Å². The summed E-state index contributed by atoms with van der Waals surface area (Å²) in [5, 5.41) is 8.02. The van der Waals surface area contributed by atoms with Crippen molar-refractivity contribution in [2.24, 2.45) is 0 Å². The van der Waals surface area contributed by atoms with Crippen LogP contribution >= 0.6 is 0 Å². The van der Waals surface area contributed by atoms with Gasteiger partial charge in [-0.15, -0.1) is 0 Å². The highest BCUT2D eigenvalue weighted by Gasteiger charge is 2.65. The van der Waals surface area contributed by atoms with Crippen molar-refractivity contribution in [1.82, 2.24) is 20.4 Å². The molecule has 3 rings (SSSR count). The minimum Gasteiger partial charge on any atom is -0.306 e. The largest absolute Gasteiger partial charge is 0.328 e. The number of urea groups is 1. The van der Waals surface area contributed by atoms with Crippen molar-refractivity contribution in [3.63, 3.8) is 0 Å². The van der Waals surface area contributed by atoms with Gasteiger partial charge in [0.1, 0.15) is 5.69 Å². The average molecular weight is 495 g/mol. The fourth-order valence-corrected chi connectivity index (χ4v) is 5.77. The van der Waals surface area contributed by atoms with Crippen LogP contribution in [0.1, 0.15) is 51.9 Å². The molecule has 0 unspecified atom stereocenters. The second kappa shape index (κ2) is 10.8. The van der Waals surface area contributed by atoms with Gasteiger partial charge in [-0.25, -0.2) is 13.2 Å². The molecule has 2 heterocycles. The maximum Gasteiger partial charge on any atom is 0.328 e. The molecule has 2 fully saturated rings. The Morgan fingerprint density at radius 1 is 0.912 bits per heavy atom. The van der Waals surface area contributed by atoms with Gasteiger partial charge in [0.15, 0.2) is 0 Å². The van der Waals surface area contributed by atoms with Gasteiger partial charge in [-0.3, -0.25) is 29.4 Å². The number of rotatable bonds is 11. The zero-order valence-corrected chi connectivity index (χ0v) is 20.8. The number of barbiturate groups is 1. The molecule has 1 aromatic carbocycles. The Morgan fingerprint density at radius 3 is 2.03 bits per heavy atom. The molecule has 4 amide bonds. The lowest BCUT2D eigenvalue weighted by molar-refractivity contribution is -0.148. The van der Waals surface area contributed by atoms with Gasteiger partial charge in [-0.1, -0.05) is 39.0 Å². The number of hydrogen-bond donors (Lipinski definition) is 4. The van der Waals surface area contributed by atoms with Gasteiger partial charge < -0.3 is 5.32 Å². The van der Waals surface area contributed by atoms with Crippen LogP contribution < -0.4 is 25.2 Å². The number of quaternary nitrogens is 1. The molecular weight excluding hydrogens is 458 g/mol. The maximum atomic E-state index is 13.5. The van der Waals surface area contributed by atoms with Crippen molar-refractivity contribution < 1.29 is 22.8 Å². The van der Waals surface area contributed by atoms with E-state index < -0.39 is 33.4 Å². The first-order valence-corrected chi connectivity index (χ1v) is 13.9. The lowest BCUT2D eigenvalue weighted by Crippen LogP contribution is -2.83. The van der Waals surface area contributed by atoms with Crippen LogP contribution in [0.5, 0.6) is 0 Å². The van der Waals surface area contributed by atoms with E-state index in [2.05, 4.69) is 27.6 Å². The molecule has 2 aliphatic rings. The number of unbranched alkanes of at least 4 members (excludes halogenated alkanes) is 5. The highest BCUT2D eigenvalue weighted by atomic mass is 32.2. The molecule has 1 aromatic rings. The number of carbonyl (C=O) groups excluding carboxylic acids is 3. The van der Waals surface area contributed by atoms with Crippen LogP contribution in [-0.2, 0) is 19.6 Å². The second-order valence-electron chi connectivity index (χ2n) is 9.20. The Balaban J connectivity index is 2.01. The number of imide groups is 2. The molecule has 0 atom stereocenters. The third kappa shape index (κ3) is 5.42. The minimum atomic E-state index is -3.44. The van der Waals surface area contributed by atoms with E-state index in [1.165, 1.54) is 0 Å². The smallest absolute Gasteiger partial charge is 0.306 e. The van der Waals surface area contributed by atoms with Crippen molar-refractivity contribution in [2.75, 3.05) is 37.2 Å². The molecule has 0 saturated carbocycles. The number of piperazine rings is 1. The summed E-state index contributed by atoms with van der Waals surface area (Å²) in [6.45, 7) is 4.29. The van der Waals surface area contributed by atoms with E-state index in [4.69, 9.17) is 0 Å². The second-order valence-corrected chi connectivity index (χ2v) is 11.0. The zero-order valence-electron chi connectivity index (χ0n) is 20.0. The van der Waals surface area contributed by atoms with Gasteiger partial charge in [0.2, 0.25) is 10.0 Å².